The molecule has 1 aliphatic heterocycles. The van der Waals surface area contributed by atoms with Crippen molar-refractivity contribution in [3.63, 3.8) is 0 Å². The fourth-order valence-electron chi connectivity index (χ4n) is 2.19. The Labute approximate surface area is 96.3 Å². The van der Waals surface area contributed by atoms with Gasteiger partial charge in [0, 0.05) is 22.3 Å². The molecule has 84 valence electrons. The zero-order valence-corrected chi connectivity index (χ0v) is 10.4. The molecule has 1 N–H and O–H groups in total. The zero-order chi connectivity index (χ0) is 10.7. The molecule has 2 rings (SSSR count). The van der Waals surface area contributed by atoms with E-state index in [-0.39, 0.29) is 0 Å². The van der Waals surface area contributed by atoms with Crippen molar-refractivity contribution >= 4 is 11.3 Å². The Morgan fingerprint density at radius 2 is 2.13 bits per heavy atom. The van der Waals surface area contributed by atoms with Crippen LogP contribution >= 0.6 is 11.3 Å². The van der Waals surface area contributed by atoms with Gasteiger partial charge in [-0.3, -0.25) is 4.90 Å². The number of nitrogens with one attached hydrogen (secondary N) is 1. The van der Waals surface area contributed by atoms with Gasteiger partial charge in [-0.05, 0) is 52.0 Å². The molecule has 0 unspecified atom stereocenters. The molecule has 0 saturated carbocycles. The normalized spacial score (nSPS) is 18.6. The van der Waals surface area contributed by atoms with E-state index in [0.717, 1.165) is 12.6 Å². The minimum absolute atomic E-state index is 0.772. The predicted octanol–water partition coefficient (Wildman–Crippen LogP) is 2.24. The number of piperidine rings is 1. The Morgan fingerprint density at radius 3 is 2.73 bits per heavy atom. The molecule has 0 aromatic carbocycles. The second-order valence-corrected chi connectivity index (χ2v) is 5.78. The van der Waals surface area contributed by atoms with Gasteiger partial charge in [0.05, 0.1) is 0 Å². The lowest BCUT2D eigenvalue weighted by molar-refractivity contribution is 0.193. The van der Waals surface area contributed by atoms with Gasteiger partial charge in [0.1, 0.15) is 0 Å². The summed E-state index contributed by atoms with van der Waals surface area (Å²) in [5.74, 6) is 0. The Hall–Kier alpha value is -0.380. The first kappa shape index (κ1) is 11.1. The lowest BCUT2D eigenvalue weighted by Gasteiger charge is -2.31. The molecule has 3 heteroatoms. The van der Waals surface area contributed by atoms with E-state index in [1.165, 1.54) is 35.7 Å². The predicted molar refractivity (Wildman–Crippen MR) is 66.4 cm³/mol. The van der Waals surface area contributed by atoms with Gasteiger partial charge in [-0.15, -0.1) is 11.3 Å². The minimum Gasteiger partial charge on any atom is -0.317 e. The fraction of sp³-hybridized carbons (Fsp3) is 0.667. The number of hydrogen-bond acceptors (Lipinski definition) is 3. The van der Waals surface area contributed by atoms with E-state index in [1.807, 2.05) is 11.3 Å². The summed E-state index contributed by atoms with van der Waals surface area (Å²) >= 11 is 1.92. The largest absolute Gasteiger partial charge is 0.317 e. The van der Waals surface area contributed by atoms with Crippen LogP contribution in [0.2, 0.25) is 0 Å². The minimum atomic E-state index is 0.772. The standard InChI is InChI=1S/C12H20N2S/c1-10-3-4-12(15-10)9-14(2)11-5-7-13-8-6-11/h3-4,11,13H,5-9H2,1-2H3. The van der Waals surface area contributed by atoms with Gasteiger partial charge in [-0.2, -0.15) is 0 Å². The average Bonchev–Trinajstić information content (AvgIpc) is 2.65. The van der Waals surface area contributed by atoms with Gasteiger partial charge < -0.3 is 5.32 Å². The maximum Gasteiger partial charge on any atom is 0.0327 e. The summed E-state index contributed by atoms with van der Waals surface area (Å²) in [6.07, 6.45) is 2.59. The third-order valence-corrected chi connectivity index (χ3v) is 4.12. The molecule has 0 spiro atoms. The summed E-state index contributed by atoms with van der Waals surface area (Å²) in [5, 5.41) is 3.41. The first-order chi connectivity index (χ1) is 7.25. The van der Waals surface area contributed by atoms with E-state index < -0.39 is 0 Å². The van der Waals surface area contributed by atoms with Crippen LogP contribution in [0.4, 0.5) is 0 Å². The zero-order valence-electron chi connectivity index (χ0n) is 9.62. The highest BCUT2D eigenvalue weighted by atomic mass is 32.1. The van der Waals surface area contributed by atoms with Crippen LogP contribution < -0.4 is 5.32 Å². The smallest absolute Gasteiger partial charge is 0.0327 e. The maximum absolute atomic E-state index is 3.41. The Kier molecular flexibility index (Phi) is 3.78. The molecule has 1 aliphatic rings. The molecule has 0 amide bonds. The van der Waals surface area contributed by atoms with Crippen LogP contribution in [0.1, 0.15) is 22.6 Å². The molecule has 0 radical (unpaired) electrons. The van der Waals surface area contributed by atoms with Gasteiger partial charge in [-0.1, -0.05) is 0 Å². The number of rotatable bonds is 3. The highest BCUT2D eigenvalue weighted by molar-refractivity contribution is 7.11. The van der Waals surface area contributed by atoms with Gasteiger partial charge in [0.2, 0.25) is 0 Å². The molecular weight excluding hydrogens is 204 g/mol. The Bertz CT molecular complexity index is 302. The van der Waals surface area contributed by atoms with Crippen molar-refractivity contribution in [3.8, 4) is 0 Å². The van der Waals surface area contributed by atoms with Crippen molar-refractivity contribution in [1.29, 1.82) is 0 Å². The third-order valence-electron chi connectivity index (χ3n) is 3.13. The summed E-state index contributed by atoms with van der Waals surface area (Å²) in [5.41, 5.74) is 0. The Balaban J connectivity index is 1.88. The van der Waals surface area contributed by atoms with E-state index >= 15 is 0 Å². The lowest BCUT2D eigenvalue weighted by Crippen LogP contribution is -2.40. The van der Waals surface area contributed by atoms with Crippen molar-refractivity contribution in [1.82, 2.24) is 10.2 Å². The van der Waals surface area contributed by atoms with Gasteiger partial charge in [-0.25, -0.2) is 0 Å². The van der Waals surface area contributed by atoms with Crippen LogP contribution in [-0.2, 0) is 6.54 Å². The van der Waals surface area contributed by atoms with Gasteiger partial charge >= 0.3 is 0 Å². The van der Waals surface area contributed by atoms with Crippen LogP contribution in [0.3, 0.4) is 0 Å². The SMILES string of the molecule is Cc1ccc(CN(C)C2CCNCC2)s1. The number of thiophene rings is 1. The summed E-state index contributed by atoms with van der Waals surface area (Å²) < 4.78 is 0. The molecule has 1 saturated heterocycles. The first-order valence-corrected chi connectivity index (χ1v) is 6.53. The summed E-state index contributed by atoms with van der Waals surface area (Å²) in [4.78, 5) is 5.42. The topological polar surface area (TPSA) is 15.3 Å². The van der Waals surface area contributed by atoms with Crippen LogP contribution in [0.5, 0.6) is 0 Å². The molecule has 1 aromatic rings. The number of nitrogens with zero attached hydrogens (tertiary/aromatic N) is 1. The molecule has 0 aliphatic carbocycles. The molecular formula is C12H20N2S. The van der Waals surface area contributed by atoms with E-state index in [2.05, 4.69) is 36.3 Å². The van der Waals surface area contributed by atoms with Gasteiger partial charge in [0.15, 0.2) is 0 Å². The molecule has 0 atom stereocenters. The average molecular weight is 224 g/mol. The summed E-state index contributed by atoms with van der Waals surface area (Å²) in [7, 11) is 2.26. The third kappa shape index (κ3) is 3.03. The Morgan fingerprint density at radius 1 is 1.40 bits per heavy atom. The molecule has 2 nitrogen and oxygen atoms in total. The quantitative estimate of drug-likeness (QED) is 0.847. The van der Waals surface area contributed by atoms with Crippen molar-refractivity contribution in [2.24, 2.45) is 0 Å². The van der Waals surface area contributed by atoms with E-state index in [9.17, 15) is 0 Å². The van der Waals surface area contributed by atoms with Crippen LogP contribution in [0.15, 0.2) is 12.1 Å². The number of hydrogen-bond donors (Lipinski definition) is 1. The van der Waals surface area contributed by atoms with Crippen molar-refractivity contribution in [2.75, 3.05) is 20.1 Å². The van der Waals surface area contributed by atoms with E-state index in [0.29, 0.717) is 0 Å². The van der Waals surface area contributed by atoms with Crippen molar-refractivity contribution in [2.45, 2.75) is 32.4 Å². The van der Waals surface area contributed by atoms with E-state index in [4.69, 9.17) is 0 Å². The van der Waals surface area contributed by atoms with Crippen LogP contribution in [0, 0.1) is 6.92 Å². The molecule has 0 bridgehead atoms. The van der Waals surface area contributed by atoms with Crippen LogP contribution in [0.25, 0.3) is 0 Å². The van der Waals surface area contributed by atoms with Crippen molar-refractivity contribution in [3.05, 3.63) is 21.9 Å². The monoisotopic (exact) mass is 224 g/mol. The molecule has 2 heterocycles. The van der Waals surface area contributed by atoms with Crippen LogP contribution in [-0.4, -0.2) is 31.1 Å². The van der Waals surface area contributed by atoms with Crippen molar-refractivity contribution < 1.29 is 0 Å². The van der Waals surface area contributed by atoms with Gasteiger partial charge in [0.25, 0.3) is 0 Å². The molecule has 1 fully saturated rings. The first-order valence-electron chi connectivity index (χ1n) is 5.72. The molecule has 15 heavy (non-hydrogen) atoms. The lowest BCUT2D eigenvalue weighted by atomic mass is 10.1. The second-order valence-electron chi connectivity index (χ2n) is 4.41. The fourth-order valence-corrected chi connectivity index (χ4v) is 3.15. The second kappa shape index (κ2) is 5.10. The highest BCUT2D eigenvalue weighted by Gasteiger charge is 2.17. The highest BCUT2D eigenvalue weighted by Crippen LogP contribution is 2.19. The number of aryl methyl sites for hydroxylation is 1. The molecule has 1 aromatic heterocycles. The summed E-state index contributed by atoms with van der Waals surface area (Å²) in [6.45, 7) is 5.65. The maximum atomic E-state index is 3.41. The summed E-state index contributed by atoms with van der Waals surface area (Å²) in [6, 6.07) is 5.25. The van der Waals surface area contributed by atoms with E-state index in [1.54, 1.807) is 0 Å².